The summed E-state index contributed by atoms with van der Waals surface area (Å²) in [5, 5.41) is 0. The van der Waals surface area contributed by atoms with Crippen LogP contribution in [-0.4, -0.2) is 18.0 Å². The number of hydrogen-bond acceptors (Lipinski definition) is 2. The fourth-order valence-electron chi connectivity index (χ4n) is 1.56. The Labute approximate surface area is 86.9 Å². The van der Waals surface area contributed by atoms with Crippen molar-refractivity contribution in [1.29, 1.82) is 0 Å². The van der Waals surface area contributed by atoms with Gasteiger partial charge in [-0.3, -0.25) is 4.90 Å². The number of nitrogens with zero attached hydrogens (tertiary/aromatic N) is 1. The van der Waals surface area contributed by atoms with Crippen LogP contribution in [0.5, 0.6) is 0 Å². The van der Waals surface area contributed by atoms with Crippen LogP contribution in [0.4, 0.5) is 5.69 Å². The maximum absolute atomic E-state index is 5.75. The van der Waals surface area contributed by atoms with E-state index in [4.69, 9.17) is 5.73 Å². The molecule has 0 unspecified atom stereocenters. The van der Waals surface area contributed by atoms with E-state index in [-0.39, 0.29) is 0 Å². The van der Waals surface area contributed by atoms with Crippen molar-refractivity contribution < 1.29 is 0 Å². The van der Waals surface area contributed by atoms with E-state index in [1.807, 2.05) is 12.1 Å². The van der Waals surface area contributed by atoms with Gasteiger partial charge in [0.25, 0.3) is 0 Å². The minimum Gasteiger partial charge on any atom is -0.399 e. The van der Waals surface area contributed by atoms with Crippen LogP contribution in [0.3, 0.4) is 0 Å². The molecule has 1 fully saturated rings. The first-order chi connectivity index (χ1) is 6.24. The first kappa shape index (κ1) is 9.03. The van der Waals surface area contributed by atoms with Crippen LogP contribution in [0.2, 0.25) is 0 Å². The molecule has 0 atom stereocenters. The Kier molecular flexibility index (Phi) is 2.56. The van der Waals surface area contributed by atoms with Crippen LogP contribution < -0.4 is 5.73 Å². The van der Waals surface area contributed by atoms with Crippen molar-refractivity contribution in [2.24, 2.45) is 0 Å². The molecule has 0 aromatic heterocycles. The number of benzene rings is 1. The third-order valence-corrected chi connectivity index (χ3v) is 2.79. The minimum absolute atomic E-state index is 0.838. The molecule has 13 heavy (non-hydrogen) atoms. The zero-order valence-electron chi connectivity index (χ0n) is 7.46. The number of rotatable bonds is 2. The van der Waals surface area contributed by atoms with E-state index in [9.17, 15) is 0 Å². The lowest BCUT2D eigenvalue weighted by Gasteiger charge is -2.30. The van der Waals surface area contributed by atoms with Crippen molar-refractivity contribution in [2.45, 2.75) is 13.0 Å². The van der Waals surface area contributed by atoms with Gasteiger partial charge in [0.1, 0.15) is 0 Å². The second-order valence-corrected chi connectivity index (χ2v) is 4.44. The Morgan fingerprint density at radius 2 is 2.08 bits per heavy atom. The predicted octanol–water partition coefficient (Wildman–Crippen LogP) is 2.24. The van der Waals surface area contributed by atoms with Crippen molar-refractivity contribution >= 4 is 21.6 Å². The second-order valence-electron chi connectivity index (χ2n) is 3.52. The van der Waals surface area contributed by atoms with Gasteiger partial charge in [-0.05, 0) is 43.3 Å². The van der Waals surface area contributed by atoms with E-state index in [0.717, 1.165) is 16.7 Å². The largest absolute Gasteiger partial charge is 0.399 e. The molecule has 1 heterocycles. The quantitative estimate of drug-likeness (QED) is 0.804. The molecule has 70 valence electrons. The monoisotopic (exact) mass is 240 g/mol. The summed E-state index contributed by atoms with van der Waals surface area (Å²) in [4.78, 5) is 2.42. The van der Waals surface area contributed by atoms with Crippen LogP contribution in [0.15, 0.2) is 22.7 Å². The highest BCUT2D eigenvalue weighted by molar-refractivity contribution is 9.10. The second kappa shape index (κ2) is 3.68. The molecule has 1 aromatic rings. The Morgan fingerprint density at radius 3 is 2.62 bits per heavy atom. The van der Waals surface area contributed by atoms with Crippen LogP contribution in [0.1, 0.15) is 12.0 Å². The number of likely N-dealkylation sites (tertiary alicyclic amines) is 1. The van der Waals surface area contributed by atoms with Gasteiger partial charge in [0.15, 0.2) is 0 Å². The van der Waals surface area contributed by atoms with E-state index >= 15 is 0 Å². The van der Waals surface area contributed by atoms with Gasteiger partial charge in [0.05, 0.1) is 0 Å². The average Bonchev–Trinajstić information content (AvgIpc) is 1.95. The summed E-state index contributed by atoms with van der Waals surface area (Å²) in [6.07, 6.45) is 1.34. The molecule has 2 nitrogen and oxygen atoms in total. The molecule has 0 spiro atoms. The molecule has 2 rings (SSSR count). The van der Waals surface area contributed by atoms with Crippen LogP contribution in [-0.2, 0) is 6.54 Å². The first-order valence-electron chi connectivity index (χ1n) is 4.51. The molecule has 3 heteroatoms. The van der Waals surface area contributed by atoms with Crippen molar-refractivity contribution in [3.63, 3.8) is 0 Å². The molecule has 2 N–H and O–H groups in total. The highest BCUT2D eigenvalue weighted by atomic mass is 79.9. The fraction of sp³-hybridized carbons (Fsp3) is 0.400. The predicted molar refractivity (Wildman–Crippen MR) is 58.4 cm³/mol. The van der Waals surface area contributed by atoms with E-state index in [0.29, 0.717) is 0 Å². The lowest BCUT2D eigenvalue weighted by molar-refractivity contribution is 0.172. The van der Waals surface area contributed by atoms with Crippen molar-refractivity contribution in [2.75, 3.05) is 18.8 Å². The van der Waals surface area contributed by atoms with E-state index in [1.165, 1.54) is 25.1 Å². The van der Waals surface area contributed by atoms with E-state index in [1.54, 1.807) is 0 Å². The summed E-state index contributed by atoms with van der Waals surface area (Å²) in [6.45, 7) is 3.49. The number of nitrogens with two attached hydrogens (primary N) is 1. The van der Waals surface area contributed by atoms with Crippen molar-refractivity contribution in [3.8, 4) is 0 Å². The SMILES string of the molecule is Nc1cc(Br)cc(CN2CCC2)c1. The molecule has 0 radical (unpaired) electrons. The summed E-state index contributed by atoms with van der Waals surface area (Å²) in [7, 11) is 0. The molecule has 0 saturated carbocycles. The summed E-state index contributed by atoms with van der Waals surface area (Å²) in [6, 6.07) is 6.11. The zero-order valence-corrected chi connectivity index (χ0v) is 9.05. The third-order valence-electron chi connectivity index (χ3n) is 2.33. The molecular weight excluding hydrogens is 228 g/mol. The fourth-order valence-corrected chi connectivity index (χ4v) is 2.12. The van der Waals surface area contributed by atoms with E-state index in [2.05, 4.69) is 26.9 Å². The van der Waals surface area contributed by atoms with Gasteiger partial charge in [-0.2, -0.15) is 0 Å². The maximum Gasteiger partial charge on any atom is 0.0328 e. The first-order valence-corrected chi connectivity index (χ1v) is 5.30. The Morgan fingerprint density at radius 1 is 1.31 bits per heavy atom. The molecule has 0 aliphatic carbocycles. The van der Waals surface area contributed by atoms with E-state index < -0.39 is 0 Å². The Bertz CT molecular complexity index is 288. The lowest BCUT2D eigenvalue weighted by Crippen LogP contribution is -2.36. The summed E-state index contributed by atoms with van der Waals surface area (Å²) >= 11 is 3.44. The third kappa shape index (κ3) is 2.23. The number of anilines is 1. The van der Waals surface area contributed by atoms with Crippen LogP contribution >= 0.6 is 15.9 Å². The van der Waals surface area contributed by atoms with Gasteiger partial charge >= 0.3 is 0 Å². The molecule has 1 aliphatic heterocycles. The minimum atomic E-state index is 0.838. The van der Waals surface area contributed by atoms with Gasteiger partial charge < -0.3 is 5.73 Å². The lowest BCUT2D eigenvalue weighted by atomic mass is 10.1. The van der Waals surface area contributed by atoms with Gasteiger partial charge in [-0.1, -0.05) is 15.9 Å². The number of hydrogen-bond donors (Lipinski definition) is 1. The number of halogens is 1. The van der Waals surface area contributed by atoms with Crippen LogP contribution in [0, 0.1) is 0 Å². The van der Waals surface area contributed by atoms with Crippen molar-refractivity contribution in [3.05, 3.63) is 28.2 Å². The molecule has 1 aromatic carbocycles. The van der Waals surface area contributed by atoms with Crippen LogP contribution in [0.25, 0.3) is 0 Å². The molecule has 1 aliphatic rings. The maximum atomic E-state index is 5.75. The Balaban J connectivity index is 2.10. The molecule has 1 saturated heterocycles. The van der Waals surface area contributed by atoms with Crippen molar-refractivity contribution in [1.82, 2.24) is 4.90 Å². The normalized spacial score (nSPS) is 17.0. The Hall–Kier alpha value is -0.540. The topological polar surface area (TPSA) is 29.3 Å². The summed E-state index contributed by atoms with van der Waals surface area (Å²) in [5.74, 6) is 0. The van der Waals surface area contributed by atoms with Gasteiger partial charge in [-0.25, -0.2) is 0 Å². The summed E-state index contributed by atoms with van der Waals surface area (Å²) in [5.41, 5.74) is 7.88. The summed E-state index contributed by atoms with van der Waals surface area (Å²) < 4.78 is 1.07. The molecule has 0 bridgehead atoms. The zero-order chi connectivity index (χ0) is 9.26. The highest BCUT2D eigenvalue weighted by Crippen LogP contribution is 2.20. The van der Waals surface area contributed by atoms with Gasteiger partial charge in [-0.15, -0.1) is 0 Å². The average molecular weight is 241 g/mol. The number of nitrogen functional groups attached to an aromatic ring is 1. The molecular formula is C10H13BrN2. The van der Waals surface area contributed by atoms with Gasteiger partial charge in [0, 0.05) is 16.7 Å². The molecule has 0 amide bonds. The standard InChI is InChI=1S/C10H13BrN2/c11-9-4-8(5-10(12)6-9)7-13-2-1-3-13/h4-6H,1-3,7,12H2. The smallest absolute Gasteiger partial charge is 0.0328 e. The van der Waals surface area contributed by atoms with Gasteiger partial charge in [0.2, 0.25) is 0 Å². The highest BCUT2D eigenvalue weighted by Gasteiger charge is 2.13.